The molecule has 0 bridgehead atoms. The van der Waals surface area contributed by atoms with E-state index in [1.54, 1.807) is 4.57 Å². The lowest BCUT2D eigenvalue weighted by Crippen LogP contribution is -2.20. The van der Waals surface area contributed by atoms with Crippen LogP contribution in [0.3, 0.4) is 0 Å². The molecule has 2 amide bonds. The number of nitrogens with two attached hydrogens (primary N) is 1. The van der Waals surface area contributed by atoms with Crippen LogP contribution >= 0.6 is 35.3 Å². The average Bonchev–Trinajstić information content (AvgIpc) is 3.38. The van der Waals surface area contributed by atoms with Gasteiger partial charge in [-0.25, -0.2) is 0 Å². The van der Waals surface area contributed by atoms with Crippen LogP contribution in [-0.2, 0) is 4.79 Å². The lowest BCUT2D eigenvalue weighted by Gasteiger charge is -2.11. The molecule has 0 aliphatic heterocycles. The van der Waals surface area contributed by atoms with Gasteiger partial charge >= 0.3 is 0 Å². The van der Waals surface area contributed by atoms with Crippen LogP contribution in [0.5, 0.6) is 0 Å². The number of carbonyl (C=O) groups is 2. The van der Waals surface area contributed by atoms with E-state index in [1.807, 2.05) is 60.7 Å². The third-order valence-corrected chi connectivity index (χ3v) is 6.27. The zero-order chi connectivity index (χ0) is 21.8. The molecule has 0 saturated carbocycles. The number of primary amides is 1. The number of hydrogen-bond donors (Lipinski definition) is 2. The van der Waals surface area contributed by atoms with Crippen molar-refractivity contribution in [2.24, 2.45) is 5.73 Å². The first-order valence-electron chi connectivity index (χ1n) is 8.95. The van der Waals surface area contributed by atoms with E-state index < -0.39 is 5.91 Å². The van der Waals surface area contributed by atoms with Gasteiger partial charge in [-0.15, -0.1) is 10.2 Å². The van der Waals surface area contributed by atoms with E-state index >= 15 is 0 Å². The molecule has 2 aromatic carbocycles. The van der Waals surface area contributed by atoms with E-state index in [9.17, 15) is 9.59 Å². The normalized spacial score (nSPS) is 10.7. The van der Waals surface area contributed by atoms with Crippen LogP contribution in [0.1, 0.15) is 9.67 Å². The molecule has 4 rings (SSSR count). The third kappa shape index (κ3) is 4.74. The Morgan fingerprint density at radius 1 is 1.10 bits per heavy atom. The van der Waals surface area contributed by atoms with Gasteiger partial charge in [0.05, 0.1) is 5.75 Å². The van der Waals surface area contributed by atoms with Crippen molar-refractivity contribution in [1.82, 2.24) is 14.8 Å². The highest BCUT2D eigenvalue weighted by Crippen LogP contribution is 2.29. The summed E-state index contributed by atoms with van der Waals surface area (Å²) in [5.41, 5.74) is 7.00. The Bertz CT molecular complexity index is 1280. The second kappa shape index (κ2) is 9.25. The molecular weight excluding hydrogens is 454 g/mol. The number of carbonyl (C=O) groups excluding carboxylic acids is 2. The molecule has 156 valence electrons. The van der Waals surface area contributed by atoms with Gasteiger partial charge in [0, 0.05) is 11.3 Å². The van der Waals surface area contributed by atoms with Gasteiger partial charge in [-0.1, -0.05) is 59.5 Å². The number of para-hydroxylation sites is 1. The number of nitrogens with zero attached hydrogens (tertiary/aromatic N) is 3. The van der Waals surface area contributed by atoms with Crippen molar-refractivity contribution >= 4 is 52.9 Å². The molecule has 2 heterocycles. The van der Waals surface area contributed by atoms with Crippen LogP contribution in [0.4, 0.5) is 5.82 Å². The number of nitrogens with one attached hydrogen (secondary N) is 1. The van der Waals surface area contributed by atoms with E-state index in [-0.39, 0.29) is 27.6 Å². The van der Waals surface area contributed by atoms with Crippen LogP contribution in [0.25, 0.3) is 17.1 Å². The van der Waals surface area contributed by atoms with Crippen molar-refractivity contribution in [2.75, 3.05) is 11.1 Å². The first-order chi connectivity index (χ1) is 15.0. The zero-order valence-electron chi connectivity index (χ0n) is 15.8. The average molecular weight is 470 g/mol. The minimum atomic E-state index is -0.668. The second-order valence-corrected chi connectivity index (χ2v) is 8.73. The van der Waals surface area contributed by atoms with E-state index in [1.165, 1.54) is 0 Å². The highest BCUT2D eigenvalue weighted by Gasteiger charge is 2.21. The van der Waals surface area contributed by atoms with Crippen LogP contribution in [0.2, 0.25) is 0 Å². The largest absolute Gasteiger partial charge is 0.411 e. The zero-order valence-corrected chi connectivity index (χ0v) is 18.3. The molecule has 0 aliphatic carbocycles. The van der Waals surface area contributed by atoms with Gasteiger partial charge in [-0.2, -0.15) is 0 Å². The molecule has 11 heteroatoms. The summed E-state index contributed by atoms with van der Waals surface area (Å²) >= 11 is 7.52. The van der Waals surface area contributed by atoms with Crippen molar-refractivity contribution in [3.05, 3.63) is 69.5 Å². The van der Waals surface area contributed by atoms with Crippen molar-refractivity contribution in [3.8, 4) is 17.1 Å². The molecular formula is C20H15N5O3S3. The Hall–Kier alpha value is -3.28. The second-order valence-electron chi connectivity index (χ2n) is 6.16. The summed E-state index contributed by atoms with van der Waals surface area (Å²) in [6.07, 6.45) is 0. The summed E-state index contributed by atoms with van der Waals surface area (Å²) in [4.78, 5) is 24.7. The van der Waals surface area contributed by atoms with Gasteiger partial charge in [0.15, 0.2) is 3.95 Å². The Morgan fingerprint density at radius 3 is 2.45 bits per heavy atom. The number of thiazole rings is 1. The Morgan fingerprint density at radius 2 is 1.77 bits per heavy atom. The van der Waals surface area contributed by atoms with E-state index in [2.05, 4.69) is 15.5 Å². The Kier molecular flexibility index (Phi) is 6.26. The van der Waals surface area contributed by atoms with Gasteiger partial charge < -0.3 is 15.5 Å². The summed E-state index contributed by atoms with van der Waals surface area (Å²) in [6, 6.07) is 18.5. The van der Waals surface area contributed by atoms with Crippen LogP contribution in [-0.4, -0.2) is 32.3 Å². The molecule has 0 aliphatic rings. The number of rotatable bonds is 7. The van der Waals surface area contributed by atoms with Gasteiger partial charge in [-0.05, 0) is 36.5 Å². The fourth-order valence-electron chi connectivity index (χ4n) is 2.73. The predicted octanol–water partition coefficient (Wildman–Crippen LogP) is 4.15. The molecule has 8 nitrogen and oxygen atoms in total. The Labute approximate surface area is 190 Å². The topological polar surface area (TPSA) is 116 Å². The minimum Gasteiger partial charge on any atom is -0.411 e. The number of hydrogen-bond acceptors (Lipinski definition) is 8. The molecule has 2 aromatic heterocycles. The summed E-state index contributed by atoms with van der Waals surface area (Å²) in [6.45, 7) is 0. The number of aromatic nitrogens is 3. The standard InChI is InChI=1S/C20H15N5O3S3/c21-16(27)15-17(25(20(29)31-15)13-9-5-2-6-10-13)22-14(26)11-30-19-24-23-18(28-19)12-7-3-1-4-8-12/h1-10H,11H2,(H2,21,27)(H,22,26). The predicted molar refractivity (Wildman–Crippen MR) is 122 cm³/mol. The molecule has 31 heavy (non-hydrogen) atoms. The van der Waals surface area contributed by atoms with Crippen molar-refractivity contribution in [2.45, 2.75) is 5.22 Å². The highest BCUT2D eigenvalue weighted by atomic mass is 32.2. The maximum Gasteiger partial charge on any atom is 0.277 e. The molecule has 3 N–H and O–H groups in total. The summed E-state index contributed by atoms with van der Waals surface area (Å²) in [7, 11) is 0. The van der Waals surface area contributed by atoms with Crippen LogP contribution < -0.4 is 11.1 Å². The lowest BCUT2D eigenvalue weighted by molar-refractivity contribution is -0.113. The molecule has 0 radical (unpaired) electrons. The Balaban J connectivity index is 1.51. The summed E-state index contributed by atoms with van der Waals surface area (Å²) in [5, 5.41) is 11.0. The van der Waals surface area contributed by atoms with Crippen molar-refractivity contribution < 1.29 is 14.0 Å². The minimum absolute atomic E-state index is 0.00791. The molecule has 0 fully saturated rings. The third-order valence-electron chi connectivity index (χ3n) is 4.06. The van der Waals surface area contributed by atoms with Gasteiger partial charge in [-0.3, -0.25) is 14.2 Å². The molecule has 4 aromatic rings. The fourth-order valence-corrected chi connectivity index (χ4v) is 4.54. The van der Waals surface area contributed by atoms with E-state index in [0.29, 0.717) is 15.5 Å². The van der Waals surface area contributed by atoms with Gasteiger partial charge in [0.1, 0.15) is 10.7 Å². The maximum absolute atomic E-state index is 12.6. The number of anilines is 1. The number of benzene rings is 2. The van der Waals surface area contributed by atoms with E-state index in [4.69, 9.17) is 22.4 Å². The van der Waals surface area contributed by atoms with Gasteiger partial charge in [0.25, 0.3) is 11.1 Å². The number of thioether (sulfide) groups is 1. The quantitative estimate of drug-likeness (QED) is 0.308. The molecule has 0 unspecified atom stereocenters. The maximum atomic E-state index is 12.6. The van der Waals surface area contributed by atoms with Gasteiger partial charge in [0.2, 0.25) is 11.8 Å². The summed E-state index contributed by atoms with van der Waals surface area (Å²) < 4.78 is 7.61. The first kappa shape index (κ1) is 21.0. The fraction of sp³-hybridized carbons (Fsp3) is 0.0500. The summed E-state index contributed by atoms with van der Waals surface area (Å²) in [5.74, 6) is -0.432. The van der Waals surface area contributed by atoms with Crippen molar-refractivity contribution in [1.29, 1.82) is 0 Å². The number of amides is 2. The van der Waals surface area contributed by atoms with Crippen LogP contribution in [0.15, 0.2) is 70.3 Å². The van der Waals surface area contributed by atoms with Crippen LogP contribution in [0, 0.1) is 3.95 Å². The smallest absolute Gasteiger partial charge is 0.277 e. The molecule has 0 saturated heterocycles. The van der Waals surface area contributed by atoms with Crippen molar-refractivity contribution in [3.63, 3.8) is 0 Å². The molecule has 0 atom stereocenters. The highest BCUT2D eigenvalue weighted by molar-refractivity contribution is 7.99. The first-order valence-corrected chi connectivity index (χ1v) is 11.2. The SMILES string of the molecule is NC(=O)c1sc(=S)n(-c2ccccc2)c1NC(=O)CSc1nnc(-c2ccccc2)o1. The molecule has 0 spiro atoms. The monoisotopic (exact) mass is 469 g/mol. The lowest BCUT2D eigenvalue weighted by atomic mass is 10.2. The van der Waals surface area contributed by atoms with E-state index in [0.717, 1.165) is 28.7 Å².